The summed E-state index contributed by atoms with van der Waals surface area (Å²) in [5, 5.41) is 13.1. The van der Waals surface area contributed by atoms with Crippen molar-refractivity contribution in [1.82, 2.24) is 10.2 Å². The van der Waals surface area contributed by atoms with E-state index >= 15 is 0 Å². The molecule has 0 aliphatic heterocycles. The molecule has 0 fully saturated rings. The highest BCUT2D eigenvalue weighted by Gasteiger charge is 1.94. The summed E-state index contributed by atoms with van der Waals surface area (Å²) in [4.78, 5) is 0. The number of rotatable bonds is 3. The molecule has 1 aromatic carbocycles. The monoisotopic (exact) mass is 185 g/mol. The quantitative estimate of drug-likeness (QED) is 0.745. The van der Waals surface area contributed by atoms with Gasteiger partial charge >= 0.3 is 0 Å². The molecular weight excluding hydrogens is 174 g/mol. The highest BCUT2D eigenvalue weighted by atomic mass is 15.1. The van der Waals surface area contributed by atoms with Crippen LogP contribution in [0.1, 0.15) is 0 Å². The molecule has 0 atom stereocenters. The van der Waals surface area contributed by atoms with Crippen LogP contribution in [0.25, 0.3) is 10.8 Å². The fourth-order valence-corrected chi connectivity index (χ4v) is 1.30. The zero-order valence-electron chi connectivity index (χ0n) is 7.77. The molecule has 0 spiro atoms. The van der Waals surface area contributed by atoms with Crippen molar-refractivity contribution < 1.29 is 0 Å². The Morgan fingerprint density at radius 1 is 1.21 bits per heavy atom. The zero-order chi connectivity index (χ0) is 9.80. The van der Waals surface area contributed by atoms with Gasteiger partial charge < -0.3 is 5.32 Å². The molecule has 1 heterocycles. The Morgan fingerprint density at radius 3 is 2.79 bits per heavy atom. The lowest BCUT2D eigenvalue weighted by Gasteiger charge is -2.03. The minimum absolute atomic E-state index is 0.768. The molecule has 0 saturated heterocycles. The molecule has 0 radical (unpaired) electrons. The average molecular weight is 185 g/mol. The molecular formula is C11H11N3. The molecule has 14 heavy (non-hydrogen) atoms. The highest BCUT2D eigenvalue weighted by molar-refractivity contribution is 5.84. The van der Waals surface area contributed by atoms with E-state index in [1.165, 1.54) is 0 Å². The molecule has 0 aliphatic carbocycles. The lowest BCUT2D eigenvalue weighted by molar-refractivity contribution is 1.05. The summed E-state index contributed by atoms with van der Waals surface area (Å²) in [6.45, 7) is 4.42. The van der Waals surface area contributed by atoms with Crippen molar-refractivity contribution in [3.63, 3.8) is 0 Å². The summed E-state index contributed by atoms with van der Waals surface area (Å²) in [6.07, 6.45) is 5.34. The van der Waals surface area contributed by atoms with Crippen LogP contribution >= 0.6 is 0 Å². The van der Waals surface area contributed by atoms with Gasteiger partial charge in [-0.1, -0.05) is 12.1 Å². The second-order valence-electron chi connectivity index (χ2n) is 3.00. The first-order valence-corrected chi connectivity index (χ1v) is 4.45. The Morgan fingerprint density at radius 2 is 2.00 bits per heavy atom. The Kier molecular flexibility index (Phi) is 2.40. The summed E-state index contributed by atoms with van der Waals surface area (Å²) >= 11 is 0. The van der Waals surface area contributed by atoms with E-state index in [-0.39, 0.29) is 0 Å². The lowest BCUT2D eigenvalue weighted by atomic mass is 10.2. The number of anilines is 1. The zero-order valence-corrected chi connectivity index (χ0v) is 7.77. The van der Waals surface area contributed by atoms with Crippen molar-refractivity contribution >= 4 is 16.5 Å². The molecule has 3 heteroatoms. The van der Waals surface area contributed by atoms with Gasteiger partial charge in [0.05, 0.1) is 12.4 Å². The van der Waals surface area contributed by atoms with Crippen LogP contribution in [0, 0.1) is 0 Å². The van der Waals surface area contributed by atoms with Gasteiger partial charge in [-0.3, -0.25) is 0 Å². The second-order valence-corrected chi connectivity index (χ2v) is 3.00. The van der Waals surface area contributed by atoms with Crippen LogP contribution in [0.3, 0.4) is 0 Å². The molecule has 3 nitrogen and oxygen atoms in total. The van der Waals surface area contributed by atoms with Crippen molar-refractivity contribution in [2.75, 3.05) is 11.9 Å². The third kappa shape index (κ3) is 1.71. The normalized spacial score (nSPS) is 10.0. The highest BCUT2D eigenvalue weighted by Crippen LogP contribution is 2.16. The number of hydrogen-bond donors (Lipinski definition) is 1. The van der Waals surface area contributed by atoms with Gasteiger partial charge in [0.2, 0.25) is 0 Å². The average Bonchev–Trinajstić information content (AvgIpc) is 2.26. The van der Waals surface area contributed by atoms with Gasteiger partial charge in [0.1, 0.15) is 0 Å². The summed E-state index contributed by atoms with van der Waals surface area (Å²) in [6, 6.07) is 6.09. The third-order valence-electron chi connectivity index (χ3n) is 2.00. The summed E-state index contributed by atoms with van der Waals surface area (Å²) in [7, 11) is 0. The number of hydrogen-bond acceptors (Lipinski definition) is 3. The topological polar surface area (TPSA) is 37.8 Å². The van der Waals surface area contributed by atoms with E-state index in [1.807, 2.05) is 24.3 Å². The van der Waals surface area contributed by atoms with Crippen molar-refractivity contribution in [3.8, 4) is 0 Å². The standard InChI is InChI=1S/C11H11N3/c1-2-5-12-11-4-3-9-7-13-14-8-10(9)6-11/h2-4,6-8,12H,1,5H2. The first-order valence-electron chi connectivity index (χ1n) is 4.45. The number of aromatic nitrogens is 2. The van der Waals surface area contributed by atoms with Gasteiger partial charge in [0.15, 0.2) is 0 Å². The predicted molar refractivity (Wildman–Crippen MR) is 58.2 cm³/mol. The predicted octanol–water partition coefficient (Wildman–Crippen LogP) is 2.23. The van der Waals surface area contributed by atoms with Crippen molar-refractivity contribution in [2.45, 2.75) is 0 Å². The van der Waals surface area contributed by atoms with E-state index < -0.39 is 0 Å². The molecule has 2 rings (SSSR count). The number of nitrogens with zero attached hydrogens (tertiary/aromatic N) is 2. The van der Waals surface area contributed by atoms with Crippen LogP contribution in [0.5, 0.6) is 0 Å². The van der Waals surface area contributed by atoms with Crippen LogP contribution in [-0.2, 0) is 0 Å². The van der Waals surface area contributed by atoms with Gasteiger partial charge in [-0.2, -0.15) is 10.2 Å². The molecule has 0 unspecified atom stereocenters. The number of nitrogens with one attached hydrogen (secondary N) is 1. The first kappa shape index (κ1) is 8.69. The molecule has 0 amide bonds. The Balaban J connectivity index is 2.36. The van der Waals surface area contributed by atoms with Gasteiger partial charge in [0.25, 0.3) is 0 Å². The van der Waals surface area contributed by atoms with E-state index in [2.05, 4.69) is 22.1 Å². The van der Waals surface area contributed by atoms with Gasteiger partial charge in [-0.15, -0.1) is 6.58 Å². The first-order chi connectivity index (χ1) is 6.90. The van der Waals surface area contributed by atoms with E-state index in [4.69, 9.17) is 0 Å². The van der Waals surface area contributed by atoms with Crippen molar-refractivity contribution in [3.05, 3.63) is 43.2 Å². The summed E-state index contributed by atoms with van der Waals surface area (Å²) in [5.74, 6) is 0. The fraction of sp³-hybridized carbons (Fsp3) is 0.0909. The Labute approximate surface area is 82.5 Å². The fourth-order valence-electron chi connectivity index (χ4n) is 1.30. The Hall–Kier alpha value is -1.90. The maximum Gasteiger partial charge on any atom is 0.0575 e. The lowest BCUT2D eigenvalue weighted by Crippen LogP contribution is -1.97. The molecule has 70 valence electrons. The SMILES string of the molecule is C=CCNc1ccc2cnncc2c1. The second kappa shape index (κ2) is 3.87. The molecule has 1 N–H and O–H groups in total. The molecule has 0 aliphatic rings. The van der Waals surface area contributed by atoms with Gasteiger partial charge in [0, 0.05) is 23.0 Å². The van der Waals surface area contributed by atoms with E-state index in [1.54, 1.807) is 12.4 Å². The maximum atomic E-state index is 3.84. The van der Waals surface area contributed by atoms with Crippen molar-refractivity contribution in [2.24, 2.45) is 0 Å². The molecule has 0 bridgehead atoms. The van der Waals surface area contributed by atoms with E-state index in [9.17, 15) is 0 Å². The summed E-state index contributed by atoms with van der Waals surface area (Å²) in [5.41, 5.74) is 1.07. The van der Waals surface area contributed by atoms with Gasteiger partial charge in [-0.25, -0.2) is 0 Å². The molecule has 0 saturated carbocycles. The van der Waals surface area contributed by atoms with E-state index in [0.29, 0.717) is 0 Å². The van der Waals surface area contributed by atoms with Crippen LogP contribution in [0.4, 0.5) is 5.69 Å². The minimum Gasteiger partial charge on any atom is -0.382 e. The van der Waals surface area contributed by atoms with Crippen LogP contribution in [0.2, 0.25) is 0 Å². The van der Waals surface area contributed by atoms with Crippen molar-refractivity contribution in [1.29, 1.82) is 0 Å². The van der Waals surface area contributed by atoms with Gasteiger partial charge in [-0.05, 0) is 12.1 Å². The maximum absolute atomic E-state index is 3.84. The number of fused-ring (bicyclic) bond motifs is 1. The minimum atomic E-state index is 0.768. The Bertz CT molecular complexity index is 451. The largest absolute Gasteiger partial charge is 0.382 e. The summed E-state index contributed by atoms with van der Waals surface area (Å²) < 4.78 is 0. The number of benzene rings is 1. The molecule has 1 aromatic heterocycles. The van der Waals surface area contributed by atoms with Crippen LogP contribution in [0.15, 0.2) is 43.2 Å². The smallest absolute Gasteiger partial charge is 0.0575 e. The van der Waals surface area contributed by atoms with E-state index in [0.717, 1.165) is 23.0 Å². The molecule has 2 aromatic rings. The van der Waals surface area contributed by atoms with Crippen LogP contribution in [-0.4, -0.2) is 16.7 Å². The van der Waals surface area contributed by atoms with Crippen LogP contribution < -0.4 is 5.32 Å². The third-order valence-corrected chi connectivity index (χ3v) is 2.00.